The summed E-state index contributed by atoms with van der Waals surface area (Å²) in [5.74, 6) is 0. The Kier molecular flexibility index (Phi) is 8.16. The normalized spacial score (nSPS) is 16.7. The van der Waals surface area contributed by atoms with Crippen LogP contribution in [-0.4, -0.2) is 9.65 Å². The lowest BCUT2D eigenvalue weighted by Crippen LogP contribution is -2.12. The number of halogens is 4. The predicted octanol–water partition coefficient (Wildman–Crippen LogP) is 7.57. The largest absolute Gasteiger partial charge is 0.0875 e. The average Bonchev–Trinajstić information content (AvgIpc) is 2.59. The Balaban J connectivity index is 1.86. The number of hydrogen-bond donors (Lipinski definition) is 0. The van der Waals surface area contributed by atoms with E-state index in [1.807, 2.05) is 0 Å². The van der Waals surface area contributed by atoms with Crippen molar-refractivity contribution in [3.8, 4) is 0 Å². The Hall–Kier alpha value is 0.360. The average molecular weight is 554 g/mol. The van der Waals surface area contributed by atoms with E-state index in [4.69, 9.17) is 0 Å². The summed E-state index contributed by atoms with van der Waals surface area (Å²) in [6, 6.07) is 21.1. The molecule has 0 amide bonds. The second-order valence-electron chi connectivity index (χ2n) is 5.23. The molecule has 2 aromatic carbocycles. The molecular formula is C18H18Br4. The van der Waals surface area contributed by atoms with Crippen LogP contribution in [-0.2, 0) is 0 Å². The zero-order valence-electron chi connectivity index (χ0n) is 12.0. The molecule has 4 unspecified atom stereocenters. The Bertz CT molecular complexity index is 492. The SMILES string of the molecule is BrC(CCC(Br)C(Br)c1ccccc1)C(Br)c1ccccc1. The zero-order valence-corrected chi connectivity index (χ0v) is 18.4. The first-order valence-electron chi connectivity index (χ1n) is 7.25. The molecule has 0 fully saturated rings. The minimum absolute atomic E-state index is 0.332. The van der Waals surface area contributed by atoms with Crippen molar-refractivity contribution >= 4 is 63.7 Å². The first-order chi connectivity index (χ1) is 10.6. The molecule has 0 aliphatic rings. The highest BCUT2D eigenvalue weighted by molar-refractivity contribution is 9.12. The van der Waals surface area contributed by atoms with E-state index >= 15 is 0 Å². The molecular weight excluding hydrogens is 536 g/mol. The summed E-state index contributed by atoms with van der Waals surface area (Å²) < 4.78 is 0. The molecule has 4 heteroatoms. The quantitative estimate of drug-likeness (QED) is 0.310. The van der Waals surface area contributed by atoms with Gasteiger partial charge >= 0.3 is 0 Å². The molecule has 2 rings (SSSR count). The van der Waals surface area contributed by atoms with E-state index in [1.54, 1.807) is 0 Å². The van der Waals surface area contributed by atoms with E-state index in [0.29, 0.717) is 19.3 Å². The third-order valence-electron chi connectivity index (χ3n) is 3.59. The van der Waals surface area contributed by atoms with Crippen molar-refractivity contribution < 1.29 is 0 Å². The van der Waals surface area contributed by atoms with Gasteiger partial charge < -0.3 is 0 Å². The molecule has 118 valence electrons. The van der Waals surface area contributed by atoms with E-state index < -0.39 is 0 Å². The lowest BCUT2D eigenvalue weighted by molar-refractivity contribution is 0.671. The van der Waals surface area contributed by atoms with Crippen LogP contribution in [0.5, 0.6) is 0 Å². The van der Waals surface area contributed by atoms with E-state index in [2.05, 4.69) is 124 Å². The highest BCUT2D eigenvalue weighted by Crippen LogP contribution is 2.38. The fourth-order valence-corrected chi connectivity index (χ4v) is 4.58. The lowest BCUT2D eigenvalue weighted by Gasteiger charge is -2.21. The standard InChI is InChI=1S/C18H18Br4/c19-15(17(21)13-7-3-1-4-8-13)11-12-16(20)18(22)14-9-5-2-6-10-14/h1-10,15-18H,11-12H2. The van der Waals surface area contributed by atoms with Gasteiger partial charge in [-0.2, -0.15) is 0 Å². The molecule has 0 nitrogen and oxygen atoms in total. The van der Waals surface area contributed by atoms with Gasteiger partial charge in [0.25, 0.3) is 0 Å². The molecule has 0 aliphatic carbocycles. The van der Waals surface area contributed by atoms with Gasteiger partial charge in [0, 0.05) is 9.65 Å². The van der Waals surface area contributed by atoms with Crippen LogP contribution in [0.1, 0.15) is 33.6 Å². The molecule has 22 heavy (non-hydrogen) atoms. The third-order valence-corrected chi connectivity index (χ3v) is 9.31. The van der Waals surface area contributed by atoms with E-state index in [1.165, 1.54) is 11.1 Å². The minimum Gasteiger partial charge on any atom is -0.0875 e. The van der Waals surface area contributed by atoms with E-state index in [-0.39, 0.29) is 0 Å². The number of alkyl halides is 4. The fourth-order valence-electron chi connectivity index (χ4n) is 2.30. The van der Waals surface area contributed by atoms with Gasteiger partial charge in [-0.05, 0) is 24.0 Å². The maximum absolute atomic E-state index is 3.83. The monoisotopic (exact) mass is 550 g/mol. The van der Waals surface area contributed by atoms with Crippen LogP contribution >= 0.6 is 63.7 Å². The minimum atomic E-state index is 0.332. The van der Waals surface area contributed by atoms with Gasteiger partial charge in [-0.3, -0.25) is 0 Å². The van der Waals surface area contributed by atoms with E-state index in [0.717, 1.165) is 12.8 Å². The Morgan fingerprint density at radius 3 is 1.18 bits per heavy atom. The van der Waals surface area contributed by atoms with Crippen molar-refractivity contribution in [3.05, 3.63) is 71.8 Å². The van der Waals surface area contributed by atoms with Crippen molar-refractivity contribution in [1.29, 1.82) is 0 Å². The lowest BCUT2D eigenvalue weighted by atomic mass is 10.0. The highest BCUT2D eigenvalue weighted by Gasteiger charge is 2.22. The highest BCUT2D eigenvalue weighted by atomic mass is 79.9. The molecule has 0 saturated heterocycles. The molecule has 0 radical (unpaired) electrons. The molecule has 2 aromatic rings. The van der Waals surface area contributed by atoms with E-state index in [9.17, 15) is 0 Å². The van der Waals surface area contributed by atoms with Crippen molar-refractivity contribution in [2.45, 2.75) is 32.2 Å². The molecule has 0 saturated carbocycles. The number of benzene rings is 2. The molecule has 0 N–H and O–H groups in total. The van der Waals surface area contributed by atoms with Gasteiger partial charge in [0.1, 0.15) is 0 Å². The Morgan fingerprint density at radius 1 is 0.545 bits per heavy atom. The van der Waals surface area contributed by atoms with Crippen molar-refractivity contribution in [2.75, 3.05) is 0 Å². The van der Waals surface area contributed by atoms with Crippen LogP contribution in [0.15, 0.2) is 60.7 Å². The van der Waals surface area contributed by atoms with Gasteiger partial charge in [0.15, 0.2) is 0 Å². The molecule has 0 aromatic heterocycles. The second kappa shape index (κ2) is 9.61. The van der Waals surface area contributed by atoms with Gasteiger partial charge in [-0.1, -0.05) is 124 Å². The second-order valence-corrected chi connectivity index (χ2v) is 9.56. The molecule has 0 bridgehead atoms. The van der Waals surface area contributed by atoms with Gasteiger partial charge in [-0.25, -0.2) is 0 Å². The molecule has 0 heterocycles. The summed E-state index contributed by atoms with van der Waals surface area (Å²) in [5, 5.41) is 0. The van der Waals surface area contributed by atoms with Crippen LogP contribution < -0.4 is 0 Å². The van der Waals surface area contributed by atoms with Gasteiger partial charge in [0.05, 0.1) is 9.65 Å². The summed E-state index contributed by atoms with van der Waals surface area (Å²) >= 11 is 15.3. The molecule has 0 aliphatic heterocycles. The smallest absolute Gasteiger partial charge is 0.0520 e. The molecule has 4 atom stereocenters. The maximum Gasteiger partial charge on any atom is 0.0520 e. The summed E-state index contributed by atoms with van der Waals surface area (Å²) in [6.45, 7) is 0. The van der Waals surface area contributed by atoms with Crippen LogP contribution in [0.3, 0.4) is 0 Å². The summed E-state index contributed by atoms with van der Waals surface area (Å²) in [6.07, 6.45) is 2.19. The third kappa shape index (κ3) is 5.47. The first kappa shape index (κ1) is 18.7. The molecule has 0 spiro atoms. The number of rotatable bonds is 7. The van der Waals surface area contributed by atoms with Crippen molar-refractivity contribution in [2.24, 2.45) is 0 Å². The Labute approximate surface area is 166 Å². The van der Waals surface area contributed by atoms with Crippen LogP contribution in [0, 0.1) is 0 Å². The number of hydrogen-bond acceptors (Lipinski definition) is 0. The predicted molar refractivity (Wildman–Crippen MR) is 111 cm³/mol. The Morgan fingerprint density at radius 2 is 0.864 bits per heavy atom. The first-order valence-corrected chi connectivity index (χ1v) is 10.9. The van der Waals surface area contributed by atoms with Crippen LogP contribution in [0.25, 0.3) is 0 Å². The van der Waals surface area contributed by atoms with Gasteiger partial charge in [0.2, 0.25) is 0 Å². The summed E-state index contributed by atoms with van der Waals surface area (Å²) in [5.41, 5.74) is 2.63. The summed E-state index contributed by atoms with van der Waals surface area (Å²) in [7, 11) is 0. The van der Waals surface area contributed by atoms with Crippen LogP contribution in [0.2, 0.25) is 0 Å². The summed E-state index contributed by atoms with van der Waals surface area (Å²) in [4.78, 5) is 1.48. The topological polar surface area (TPSA) is 0 Å². The van der Waals surface area contributed by atoms with Crippen molar-refractivity contribution in [1.82, 2.24) is 0 Å². The fraction of sp³-hybridized carbons (Fsp3) is 0.333. The zero-order chi connectivity index (χ0) is 15.9. The van der Waals surface area contributed by atoms with Crippen LogP contribution in [0.4, 0.5) is 0 Å². The van der Waals surface area contributed by atoms with Gasteiger partial charge in [-0.15, -0.1) is 0 Å². The maximum atomic E-state index is 3.83. The van der Waals surface area contributed by atoms with Crippen molar-refractivity contribution in [3.63, 3.8) is 0 Å².